The Hall–Kier alpha value is -5.12. The van der Waals surface area contributed by atoms with Crippen LogP contribution in [0.1, 0.15) is 68.9 Å². The van der Waals surface area contributed by atoms with Crippen LogP contribution < -0.4 is 19.1 Å². The molecule has 5 aromatic rings. The first-order valence-electron chi connectivity index (χ1n) is 22.2. The number of aliphatic hydroxyl groups is 1. The number of allylic oxidation sites excluding steroid dienone is 1. The summed E-state index contributed by atoms with van der Waals surface area (Å²) in [6, 6.07) is 20.5. The predicted octanol–water partition coefficient (Wildman–Crippen LogP) is 7.61. The molecular formula is C48H54ClFN8O6S. The second kappa shape index (κ2) is 18.6. The number of benzene rings is 2. The Morgan fingerprint density at radius 3 is 2.51 bits per heavy atom. The minimum absolute atomic E-state index is 0.157. The molecule has 4 aliphatic rings. The van der Waals surface area contributed by atoms with Crippen molar-refractivity contribution < 1.29 is 32.1 Å². The first kappa shape index (κ1) is 45.1. The average Bonchev–Trinajstić information content (AvgIpc) is 3.75. The van der Waals surface area contributed by atoms with Gasteiger partial charge in [-0.25, -0.2) is 22.8 Å². The lowest BCUT2D eigenvalue weighted by molar-refractivity contribution is -0.0892. The van der Waals surface area contributed by atoms with Gasteiger partial charge in [-0.15, -0.1) is 0 Å². The second-order valence-electron chi connectivity index (χ2n) is 18.4. The Labute approximate surface area is 384 Å². The van der Waals surface area contributed by atoms with E-state index in [1.54, 1.807) is 30.6 Å². The number of piperazine rings is 1. The third-order valence-corrected chi connectivity index (χ3v) is 14.9. The lowest BCUT2D eigenvalue weighted by Gasteiger charge is -2.43. The van der Waals surface area contributed by atoms with Crippen molar-refractivity contribution in [3.63, 3.8) is 0 Å². The van der Waals surface area contributed by atoms with Gasteiger partial charge in [0.25, 0.3) is 0 Å². The fourth-order valence-electron chi connectivity index (χ4n) is 9.15. The van der Waals surface area contributed by atoms with Gasteiger partial charge in [-0.05, 0) is 91.1 Å². The van der Waals surface area contributed by atoms with Gasteiger partial charge in [0.15, 0.2) is 0 Å². The van der Waals surface area contributed by atoms with Crippen LogP contribution in [0.4, 0.5) is 10.1 Å². The number of halogens is 2. The van der Waals surface area contributed by atoms with Crippen LogP contribution in [0.25, 0.3) is 16.6 Å². The van der Waals surface area contributed by atoms with E-state index >= 15 is 4.39 Å². The van der Waals surface area contributed by atoms with Gasteiger partial charge in [-0.2, -0.15) is 9.98 Å². The largest absolute Gasteiger partial charge is 0.473 e. The Balaban J connectivity index is 0.895. The number of pyridine rings is 2. The van der Waals surface area contributed by atoms with Gasteiger partial charge in [0.05, 0.1) is 31.6 Å². The van der Waals surface area contributed by atoms with Crippen LogP contribution in [-0.4, -0.2) is 116 Å². The minimum Gasteiger partial charge on any atom is -0.473 e. The number of H-pyrrole nitrogens is 1. The first-order valence-corrected chi connectivity index (χ1v) is 24.0. The summed E-state index contributed by atoms with van der Waals surface area (Å²) < 4.78 is 62.9. The highest BCUT2D eigenvalue weighted by atomic mass is 35.5. The third kappa shape index (κ3) is 10.3. The van der Waals surface area contributed by atoms with Gasteiger partial charge in [-0.1, -0.05) is 43.2 Å². The van der Waals surface area contributed by atoms with E-state index in [4.69, 9.17) is 25.8 Å². The molecule has 0 radical (unpaired) electrons. The van der Waals surface area contributed by atoms with Crippen LogP contribution >= 0.6 is 11.6 Å². The van der Waals surface area contributed by atoms with Gasteiger partial charge in [-0.3, -0.25) is 9.80 Å². The maximum Gasteiger partial charge on any atom is 0.244 e. The maximum absolute atomic E-state index is 15.7. The zero-order valence-corrected chi connectivity index (χ0v) is 38.2. The molecule has 6 heterocycles. The highest BCUT2D eigenvalue weighted by Gasteiger charge is 2.39. The van der Waals surface area contributed by atoms with Gasteiger partial charge in [0.1, 0.15) is 52.2 Å². The fourth-order valence-corrected chi connectivity index (χ4v) is 10.3. The van der Waals surface area contributed by atoms with Crippen LogP contribution in [0.2, 0.25) is 5.02 Å². The Kier molecular flexibility index (Phi) is 12.9. The molecular weight excluding hydrogens is 871 g/mol. The predicted molar refractivity (Wildman–Crippen MR) is 246 cm³/mol. The summed E-state index contributed by atoms with van der Waals surface area (Å²) in [7, 11) is -4.46. The van der Waals surface area contributed by atoms with Crippen molar-refractivity contribution in [2.45, 2.75) is 68.8 Å². The molecule has 17 heteroatoms. The number of aromatic nitrogens is 3. The van der Waals surface area contributed by atoms with Crippen molar-refractivity contribution in [1.82, 2.24) is 29.5 Å². The number of piperidine rings is 1. The monoisotopic (exact) mass is 924 g/mol. The number of ether oxygens (including phenoxy) is 3. The Morgan fingerprint density at radius 1 is 1.02 bits per heavy atom. The van der Waals surface area contributed by atoms with Crippen molar-refractivity contribution in [1.29, 1.82) is 5.26 Å². The molecule has 3 aromatic heterocycles. The summed E-state index contributed by atoms with van der Waals surface area (Å²) in [6.45, 7) is 10.8. The number of hydrogen-bond donors (Lipinski definition) is 3. The molecule has 342 valence electrons. The van der Waals surface area contributed by atoms with Crippen LogP contribution in [-0.2, 0) is 14.8 Å². The lowest BCUT2D eigenvalue weighted by atomic mass is 9.72. The number of likely N-dealkylation sites (tertiary alicyclic amines) is 1. The number of sulfonamides is 1. The summed E-state index contributed by atoms with van der Waals surface area (Å²) in [4.78, 5) is 18.2. The highest BCUT2D eigenvalue weighted by Crippen LogP contribution is 2.44. The maximum atomic E-state index is 15.7. The summed E-state index contributed by atoms with van der Waals surface area (Å²) in [5.74, 6) is 0.450. The van der Waals surface area contributed by atoms with E-state index in [0.717, 1.165) is 80.3 Å². The zero-order chi connectivity index (χ0) is 45.3. The number of rotatable bonds is 14. The van der Waals surface area contributed by atoms with Crippen molar-refractivity contribution >= 4 is 43.9 Å². The van der Waals surface area contributed by atoms with E-state index in [9.17, 15) is 18.8 Å². The summed E-state index contributed by atoms with van der Waals surface area (Å²) in [6.07, 6.45) is 6.31. The van der Waals surface area contributed by atoms with E-state index < -0.39 is 21.9 Å². The molecule has 3 aliphatic heterocycles. The van der Waals surface area contributed by atoms with Crippen molar-refractivity contribution in [3.8, 4) is 23.4 Å². The average molecular weight is 926 g/mol. The third-order valence-electron chi connectivity index (χ3n) is 13.2. The topological polar surface area (TPSA) is 169 Å². The molecule has 65 heavy (non-hydrogen) atoms. The Bertz CT molecular complexity index is 2710. The van der Waals surface area contributed by atoms with Crippen LogP contribution in [0, 0.1) is 16.7 Å². The van der Waals surface area contributed by atoms with Crippen LogP contribution in [0.5, 0.6) is 17.4 Å². The molecule has 2 aromatic carbocycles. The number of hydrogen-bond acceptors (Lipinski definition) is 12. The number of aromatic amines is 1. The molecule has 0 spiro atoms. The number of nitrogens with one attached hydrogen (secondary N) is 2. The fraction of sp³-hybridized carbons (Fsp3) is 0.438. The molecule has 3 fully saturated rings. The summed E-state index contributed by atoms with van der Waals surface area (Å²) in [5.41, 5.74) is 4.24. The number of anilines is 1. The van der Waals surface area contributed by atoms with Crippen molar-refractivity contribution in [2.24, 2.45) is 5.41 Å². The molecule has 3 N–H and O–H groups in total. The molecule has 1 aliphatic carbocycles. The van der Waals surface area contributed by atoms with Crippen LogP contribution in [0.3, 0.4) is 0 Å². The minimum atomic E-state index is -4.46. The zero-order valence-electron chi connectivity index (χ0n) is 36.6. The first-order chi connectivity index (χ1) is 31.2. The normalized spacial score (nSPS) is 20.0. The summed E-state index contributed by atoms with van der Waals surface area (Å²) in [5, 5.41) is 23.1. The standard InChI is InChI=1S/C48H54ClFN8O6S/c1-47(2)11-9-34(42(24-47)32-3-5-36(49)6-4-32)28-56-17-19-58(20-18-56)37-7-8-41(43(23-37)64-39-21-33-10-14-52-44(33)53-26-39)45(59)55-65(60,61)40-22-35(25-51)46(54-27-40)63-31-48(50)12-15-57(16-13-48)38-29-62-30-38/h3-8,10,14,21-23,26-27,38,45,55,59H,9,11-13,15-20,24,28-31H2,1-2H3,(H,52,53). The van der Waals surface area contributed by atoms with Gasteiger partial charge in [0.2, 0.25) is 15.9 Å². The number of nitrogens with zero attached hydrogens (tertiary/aromatic N) is 6. The number of alkyl halides is 1. The van der Waals surface area contributed by atoms with Crippen LogP contribution in [0.15, 0.2) is 89.7 Å². The SMILES string of the molecule is CC1(C)CCC(CN2CCN(c3ccc(C(O)NS(=O)(=O)c4cnc(OCC5(F)CCN(C6COC6)CC5)c(C#N)c4)c(Oc4cnc5[nH]ccc5c4)c3)CC2)=C(c2ccc(Cl)cc2)C1. The second-order valence-corrected chi connectivity index (χ2v) is 20.6. The van der Waals surface area contributed by atoms with E-state index in [0.29, 0.717) is 43.7 Å². The molecule has 0 saturated carbocycles. The number of fused-ring (bicyclic) bond motifs is 1. The van der Waals surface area contributed by atoms with E-state index in [2.05, 4.69) is 60.4 Å². The molecule has 14 nitrogen and oxygen atoms in total. The van der Waals surface area contributed by atoms with E-state index in [-0.39, 0.29) is 52.5 Å². The summed E-state index contributed by atoms with van der Waals surface area (Å²) >= 11 is 6.25. The smallest absolute Gasteiger partial charge is 0.244 e. The van der Waals surface area contributed by atoms with Gasteiger partial charge in [0, 0.05) is 79.7 Å². The highest BCUT2D eigenvalue weighted by molar-refractivity contribution is 7.89. The number of nitriles is 1. The van der Waals surface area contributed by atoms with E-state index in [1.807, 2.05) is 30.3 Å². The van der Waals surface area contributed by atoms with Crippen molar-refractivity contribution in [2.75, 3.05) is 70.5 Å². The Morgan fingerprint density at radius 2 is 1.78 bits per heavy atom. The lowest BCUT2D eigenvalue weighted by Crippen LogP contribution is -2.55. The molecule has 9 rings (SSSR count). The molecule has 0 amide bonds. The van der Waals surface area contributed by atoms with Crippen molar-refractivity contribution in [3.05, 3.63) is 107 Å². The molecule has 0 bridgehead atoms. The quantitative estimate of drug-likeness (QED) is 0.0934. The van der Waals surface area contributed by atoms with E-state index in [1.165, 1.54) is 16.7 Å². The molecule has 1 atom stereocenters. The van der Waals surface area contributed by atoms with Gasteiger partial charge < -0.3 is 29.2 Å². The molecule has 3 saturated heterocycles. The number of aliphatic hydroxyl groups excluding tert-OH is 1. The molecule has 1 unspecified atom stereocenters. The van der Waals surface area contributed by atoms with Gasteiger partial charge >= 0.3 is 0 Å².